The number of benzene rings is 1. The van der Waals surface area contributed by atoms with E-state index in [1.165, 1.54) is 17.0 Å². The number of hydrogen-bond donors (Lipinski definition) is 1. The number of sulfone groups is 1. The van der Waals surface area contributed by atoms with E-state index in [4.69, 9.17) is 0 Å². The van der Waals surface area contributed by atoms with Crippen LogP contribution in [0, 0.1) is 5.82 Å². The number of amides is 1. The van der Waals surface area contributed by atoms with E-state index >= 15 is 0 Å². The van der Waals surface area contributed by atoms with Gasteiger partial charge in [-0.15, -0.1) is 11.3 Å². The second-order valence-electron chi connectivity index (χ2n) is 4.71. The van der Waals surface area contributed by atoms with Gasteiger partial charge in [0.05, 0.1) is 11.4 Å². The number of halogens is 1. The quantitative estimate of drug-likeness (QED) is 0.878. The molecule has 0 bridgehead atoms. The summed E-state index contributed by atoms with van der Waals surface area (Å²) in [5, 5.41) is 2.58. The lowest BCUT2D eigenvalue weighted by atomic mass is 10.3. The Morgan fingerprint density at radius 1 is 1.23 bits per heavy atom. The Balaban J connectivity index is 1.96. The van der Waals surface area contributed by atoms with Crippen LogP contribution in [0.25, 0.3) is 0 Å². The van der Waals surface area contributed by atoms with Crippen molar-refractivity contribution in [2.45, 2.75) is 24.8 Å². The summed E-state index contributed by atoms with van der Waals surface area (Å²) in [6, 6.07) is 8.54. The van der Waals surface area contributed by atoms with Crippen LogP contribution in [0.4, 0.5) is 4.39 Å². The predicted octanol–water partition coefficient (Wildman–Crippen LogP) is 2.54. The van der Waals surface area contributed by atoms with Crippen molar-refractivity contribution in [3.05, 3.63) is 52.0 Å². The van der Waals surface area contributed by atoms with Gasteiger partial charge in [-0.3, -0.25) is 4.79 Å². The third kappa shape index (κ3) is 4.38. The van der Waals surface area contributed by atoms with Crippen LogP contribution in [-0.4, -0.2) is 20.1 Å². The highest BCUT2D eigenvalue weighted by molar-refractivity contribution is 7.92. The maximum absolute atomic E-state index is 13.1. The summed E-state index contributed by atoms with van der Waals surface area (Å²) in [5.74, 6) is -1.94. The van der Waals surface area contributed by atoms with Gasteiger partial charge in [0.15, 0.2) is 9.84 Å². The monoisotopic (exact) mass is 341 g/mol. The van der Waals surface area contributed by atoms with Crippen molar-refractivity contribution in [3.8, 4) is 0 Å². The molecule has 7 heteroatoms. The molecule has 22 heavy (non-hydrogen) atoms. The highest BCUT2D eigenvalue weighted by atomic mass is 32.2. The molecule has 1 amide bonds. The summed E-state index contributed by atoms with van der Waals surface area (Å²) in [7, 11) is -3.83. The summed E-state index contributed by atoms with van der Waals surface area (Å²) < 4.78 is 37.1. The van der Waals surface area contributed by atoms with Crippen LogP contribution in [0.15, 0.2) is 41.3 Å². The summed E-state index contributed by atoms with van der Waals surface area (Å²) in [4.78, 5) is 13.8. The summed E-state index contributed by atoms with van der Waals surface area (Å²) >= 11 is 1.58. The van der Waals surface area contributed by atoms with Crippen LogP contribution in [0.1, 0.15) is 16.7 Å². The molecule has 0 atom stereocenters. The molecule has 1 N–H and O–H groups in total. The van der Waals surface area contributed by atoms with Gasteiger partial charge in [0.25, 0.3) is 0 Å². The highest BCUT2D eigenvalue weighted by Gasteiger charge is 2.19. The fraction of sp³-hybridized carbons (Fsp3) is 0.267. The number of carbonyl (C=O) groups is 1. The first-order valence-corrected chi connectivity index (χ1v) is 9.20. The third-order valence-electron chi connectivity index (χ3n) is 3.00. The number of aryl methyl sites for hydroxylation is 1. The highest BCUT2D eigenvalue weighted by Crippen LogP contribution is 2.17. The van der Waals surface area contributed by atoms with Crippen LogP contribution in [0.5, 0.6) is 0 Å². The molecule has 1 heterocycles. The molecule has 0 saturated carbocycles. The zero-order valence-electron chi connectivity index (χ0n) is 12.0. The summed E-state index contributed by atoms with van der Waals surface area (Å²) in [5.41, 5.74) is 0. The molecule has 1 aromatic heterocycles. The molecule has 0 aliphatic heterocycles. The van der Waals surface area contributed by atoms with E-state index < -0.39 is 27.3 Å². The van der Waals surface area contributed by atoms with E-state index in [2.05, 4.69) is 5.32 Å². The smallest absolute Gasteiger partial charge is 0.235 e. The van der Waals surface area contributed by atoms with Crippen molar-refractivity contribution >= 4 is 27.1 Å². The van der Waals surface area contributed by atoms with Gasteiger partial charge in [0.1, 0.15) is 11.6 Å². The molecular formula is C15H16FNO3S2. The van der Waals surface area contributed by atoms with E-state index in [1.807, 2.05) is 19.1 Å². The average Bonchev–Trinajstić information content (AvgIpc) is 2.93. The standard InChI is InChI=1S/C15H16FNO3S2/c1-2-12-6-7-13(21-12)9-17-15(18)10-22(19,20)14-5-3-4-11(16)8-14/h3-8H,2,9-10H2,1H3,(H,17,18). The van der Waals surface area contributed by atoms with Gasteiger partial charge in [-0.05, 0) is 36.8 Å². The van der Waals surface area contributed by atoms with Gasteiger partial charge < -0.3 is 5.32 Å². The van der Waals surface area contributed by atoms with Crippen molar-refractivity contribution in [1.29, 1.82) is 0 Å². The van der Waals surface area contributed by atoms with Gasteiger partial charge in [0.2, 0.25) is 5.91 Å². The minimum absolute atomic E-state index is 0.188. The topological polar surface area (TPSA) is 63.2 Å². The number of nitrogens with one attached hydrogen (secondary N) is 1. The molecule has 2 aromatic rings. The molecule has 0 radical (unpaired) electrons. The SMILES string of the molecule is CCc1ccc(CNC(=O)CS(=O)(=O)c2cccc(F)c2)s1. The molecule has 118 valence electrons. The fourth-order valence-electron chi connectivity index (χ4n) is 1.86. The lowest BCUT2D eigenvalue weighted by Crippen LogP contribution is -2.29. The number of hydrogen-bond acceptors (Lipinski definition) is 4. The number of rotatable bonds is 6. The van der Waals surface area contributed by atoms with Crippen molar-refractivity contribution in [2.75, 3.05) is 5.75 Å². The molecule has 0 fully saturated rings. The van der Waals surface area contributed by atoms with Crippen LogP contribution in [0.2, 0.25) is 0 Å². The minimum Gasteiger partial charge on any atom is -0.350 e. The van der Waals surface area contributed by atoms with Crippen LogP contribution in [0.3, 0.4) is 0 Å². The molecule has 2 rings (SSSR count). The zero-order chi connectivity index (χ0) is 16.2. The maximum atomic E-state index is 13.1. The second-order valence-corrected chi connectivity index (χ2v) is 7.96. The first-order valence-electron chi connectivity index (χ1n) is 6.73. The van der Waals surface area contributed by atoms with E-state index in [0.29, 0.717) is 6.54 Å². The number of carbonyl (C=O) groups excluding carboxylic acids is 1. The van der Waals surface area contributed by atoms with Gasteiger partial charge in [0, 0.05) is 9.75 Å². The van der Waals surface area contributed by atoms with Crippen LogP contribution >= 0.6 is 11.3 Å². The Labute approximate surface area is 132 Å². The molecule has 4 nitrogen and oxygen atoms in total. The first-order chi connectivity index (χ1) is 10.4. The van der Waals surface area contributed by atoms with Gasteiger partial charge in [-0.25, -0.2) is 12.8 Å². The lowest BCUT2D eigenvalue weighted by Gasteiger charge is -2.06. The Kier molecular flexibility index (Phi) is 5.31. The summed E-state index contributed by atoms with van der Waals surface area (Å²) in [6.07, 6.45) is 0.923. The van der Waals surface area contributed by atoms with E-state index in [-0.39, 0.29) is 4.90 Å². The second kappa shape index (κ2) is 7.02. The van der Waals surface area contributed by atoms with E-state index in [9.17, 15) is 17.6 Å². The molecule has 0 aliphatic rings. The molecule has 0 spiro atoms. The Hall–Kier alpha value is -1.73. The van der Waals surface area contributed by atoms with Gasteiger partial charge in [-0.2, -0.15) is 0 Å². The van der Waals surface area contributed by atoms with E-state index in [1.54, 1.807) is 11.3 Å². The first kappa shape index (κ1) is 16.6. The van der Waals surface area contributed by atoms with Crippen LogP contribution < -0.4 is 5.32 Å². The lowest BCUT2D eigenvalue weighted by molar-refractivity contribution is -0.118. The fourth-order valence-corrected chi connectivity index (χ4v) is 3.95. The largest absolute Gasteiger partial charge is 0.350 e. The van der Waals surface area contributed by atoms with E-state index in [0.717, 1.165) is 23.4 Å². The summed E-state index contributed by atoms with van der Waals surface area (Å²) in [6.45, 7) is 2.34. The van der Waals surface area contributed by atoms with Crippen molar-refractivity contribution in [3.63, 3.8) is 0 Å². The third-order valence-corrected chi connectivity index (χ3v) is 5.85. The predicted molar refractivity (Wildman–Crippen MR) is 84.0 cm³/mol. The average molecular weight is 341 g/mol. The molecule has 1 aromatic carbocycles. The van der Waals surface area contributed by atoms with Crippen molar-refractivity contribution in [2.24, 2.45) is 0 Å². The Morgan fingerprint density at radius 3 is 2.59 bits per heavy atom. The Bertz CT molecular complexity index is 769. The molecule has 0 saturated heterocycles. The molecular weight excluding hydrogens is 325 g/mol. The molecule has 0 unspecified atom stereocenters. The van der Waals surface area contributed by atoms with Crippen LogP contribution in [-0.2, 0) is 27.6 Å². The Morgan fingerprint density at radius 2 is 1.95 bits per heavy atom. The zero-order valence-corrected chi connectivity index (χ0v) is 13.6. The van der Waals surface area contributed by atoms with Gasteiger partial charge >= 0.3 is 0 Å². The van der Waals surface area contributed by atoms with Crippen molar-refractivity contribution in [1.82, 2.24) is 5.32 Å². The normalized spacial score (nSPS) is 11.4. The number of thiophene rings is 1. The maximum Gasteiger partial charge on any atom is 0.235 e. The van der Waals surface area contributed by atoms with Gasteiger partial charge in [-0.1, -0.05) is 13.0 Å². The molecule has 0 aliphatic carbocycles. The van der Waals surface area contributed by atoms with Crippen molar-refractivity contribution < 1.29 is 17.6 Å². The minimum atomic E-state index is -3.83.